The van der Waals surface area contributed by atoms with E-state index in [1.54, 1.807) is 11.3 Å². The molecule has 1 saturated carbocycles. The van der Waals surface area contributed by atoms with Gasteiger partial charge in [-0.2, -0.15) is 0 Å². The third-order valence-corrected chi connectivity index (χ3v) is 5.03. The van der Waals surface area contributed by atoms with Gasteiger partial charge in [-0.1, -0.05) is 24.4 Å². The van der Waals surface area contributed by atoms with Crippen LogP contribution in [0.3, 0.4) is 0 Å². The quantitative estimate of drug-likeness (QED) is 0.874. The zero-order valence-electron chi connectivity index (χ0n) is 11.4. The maximum Gasteiger partial charge on any atom is 0.237 e. The standard InChI is InChI=1S/C14H21ClN2OS/c1-9(12-7-8-13(15)19-12)16-10(2)14(18)17-11-5-3-4-6-11/h7-11,16H,3-6H2,1-2H3,(H,17,18). The topological polar surface area (TPSA) is 41.1 Å². The molecule has 0 bridgehead atoms. The number of hydrogen-bond donors (Lipinski definition) is 2. The Bertz CT molecular complexity index is 429. The van der Waals surface area contributed by atoms with Crippen molar-refractivity contribution in [3.8, 4) is 0 Å². The number of hydrogen-bond acceptors (Lipinski definition) is 3. The summed E-state index contributed by atoms with van der Waals surface area (Å²) in [4.78, 5) is 13.2. The highest BCUT2D eigenvalue weighted by atomic mass is 35.5. The van der Waals surface area contributed by atoms with E-state index in [4.69, 9.17) is 11.6 Å². The largest absolute Gasteiger partial charge is 0.352 e. The Morgan fingerprint density at radius 2 is 2.05 bits per heavy atom. The van der Waals surface area contributed by atoms with E-state index >= 15 is 0 Å². The first-order chi connectivity index (χ1) is 9.06. The van der Waals surface area contributed by atoms with Gasteiger partial charge in [0.25, 0.3) is 0 Å². The molecular formula is C14H21ClN2OS. The first kappa shape index (κ1) is 14.8. The van der Waals surface area contributed by atoms with Crippen LogP contribution in [0.25, 0.3) is 0 Å². The number of thiophene rings is 1. The molecule has 1 amide bonds. The molecule has 1 aromatic heterocycles. The van der Waals surface area contributed by atoms with E-state index in [2.05, 4.69) is 17.6 Å². The van der Waals surface area contributed by atoms with Gasteiger partial charge >= 0.3 is 0 Å². The highest BCUT2D eigenvalue weighted by Crippen LogP contribution is 2.26. The maximum atomic E-state index is 12.1. The molecule has 0 radical (unpaired) electrons. The van der Waals surface area contributed by atoms with Crippen LogP contribution in [0.4, 0.5) is 0 Å². The van der Waals surface area contributed by atoms with E-state index in [-0.39, 0.29) is 18.0 Å². The first-order valence-corrected chi connectivity index (χ1v) is 8.07. The number of carbonyl (C=O) groups excluding carboxylic acids is 1. The molecule has 0 aromatic carbocycles. The van der Waals surface area contributed by atoms with Crippen LogP contribution >= 0.6 is 22.9 Å². The van der Waals surface area contributed by atoms with Crippen molar-refractivity contribution in [1.29, 1.82) is 0 Å². The van der Waals surface area contributed by atoms with E-state index in [1.807, 2.05) is 19.1 Å². The molecule has 1 heterocycles. The lowest BCUT2D eigenvalue weighted by atomic mass is 10.2. The molecule has 1 aliphatic rings. The molecule has 106 valence electrons. The summed E-state index contributed by atoms with van der Waals surface area (Å²) in [5, 5.41) is 6.44. The lowest BCUT2D eigenvalue weighted by Crippen LogP contribution is -2.46. The van der Waals surface area contributed by atoms with Crippen LogP contribution in [0.1, 0.15) is 50.4 Å². The van der Waals surface area contributed by atoms with E-state index in [0.717, 1.165) is 22.1 Å². The Balaban J connectivity index is 1.82. The van der Waals surface area contributed by atoms with Crippen molar-refractivity contribution in [3.63, 3.8) is 0 Å². The molecule has 0 spiro atoms. The zero-order valence-corrected chi connectivity index (χ0v) is 13.0. The molecule has 3 nitrogen and oxygen atoms in total. The lowest BCUT2D eigenvalue weighted by molar-refractivity contribution is -0.123. The summed E-state index contributed by atoms with van der Waals surface area (Å²) < 4.78 is 0.784. The summed E-state index contributed by atoms with van der Waals surface area (Å²) in [7, 11) is 0. The van der Waals surface area contributed by atoms with Crippen molar-refractivity contribution >= 4 is 28.8 Å². The van der Waals surface area contributed by atoms with E-state index < -0.39 is 0 Å². The van der Waals surface area contributed by atoms with Crippen molar-refractivity contribution in [2.75, 3.05) is 0 Å². The van der Waals surface area contributed by atoms with Gasteiger partial charge in [0.05, 0.1) is 10.4 Å². The molecule has 2 rings (SSSR count). The minimum atomic E-state index is -0.184. The summed E-state index contributed by atoms with van der Waals surface area (Å²) in [5.41, 5.74) is 0. The second kappa shape index (κ2) is 6.73. The molecule has 1 aromatic rings. The van der Waals surface area contributed by atoms with Crippen LogP contribution in [0.2, 0.25) is 4.34 Å². The van der Waals surface area contributed by atoms with Crippen molar-refractivity contribution in [3.05, 3.63) is 21.3 Å². The first-order valence-electron chi connectivity index (χ1n) is 6.88. The van der Waals surface area contributed by atoms with Gasteiger partial charge in [0.2, 0.25) is 5.91 Å². The molecule has 19 heavy (non-hydrogen) atoms. The average Bonchev–Trinajstić information content (AvgIpc) is 3.00. The fraction of sp³-hybridized carbons (Fsp3) is 0.643. The predicted octanol–water partition coefficient (Wildman–Crippen LogP) is 3.50. The number of halogens is 1. The summed E-state index contributed by atoms with van der Waals surface area (Å²) in [6, 6.07) is 4.23. The van der Waals surface area contributed by atoms with Gasteiger partial charge in [-0.15, -0.1) is 11.3 Å². The van der Waals surface area contributed by atoms with Crippen LogP contribution in [-0.4, -0.2) is 18.0 Å². The summed E-state index contributed by atoms with van der Waals surface area (Å²) in [6.45, 7) is 3.97. The van der Waals surface area contributed by atoms with Gasteiger partial charge in [-0.25, -0.2) is 0 Å². The monoisotopic (exact) mass is 300 g/mol. The Kier molecular flexibility index (Phi) is 5.25. The van der Waals surface area contributed by atoms with Gasteiger partial charge < -0.3 is 5.32 Å². The fourth-order valence-electron chi connectivity index (χ4n) is 2.49. The number of carbonyl (C=O) groups is 1. The van der Waals surface area contributed by atoms with Crippen molar-refractivity contribution < 1.29 is 4.79 Å². The summed E-state index contributed by atoms with van der Waals surface area (Å²) >= 11 is 7.48. The fourth-order valence-corrected chi connectivity index (χ4v) is 3.56. The minimum Gasteiger partial charge on any atom is -0.352 e. The van der Waals surface area contributed by atoms with Gasteiger partial charge in [0.1, 0.15) is 0 Å². The van der Waals surface area contributed by atoms with Crippen molar-refractivity contribution in [2.45, 2.75) is 57.7 Å². The van der Waals surface area contributed by atoms with E-state index in [9.17, 15) is 4.79 Å². The minimum absolute atomic E-state index is 0.0985. The van der Waals surface area contributed by atoms with Gasteiger partial charge in [-0.3, -0.25) is 10.1 Å². The van der Waals surface area contributed by atoms with E-state index in [1.165, 1.54) is 12.8 Å². The normalized spacial score (nSPS) is 19.3. The van der Waals surface area contributed by atoms with Crippen molar-refractivity contribution in [2.24, 2.45) is 0 Å². The summed E-state index contributed by atoms with van der Waals surface area (Å²) in [5.74, 6) is 0.0985. The third-order valence-electron chi connectivity index (χ3n) is 3.62. The Morgan fingerprint density at radius 3 is 2.63 bits per heavy atom. The predicted molar refractivity (Wildman–Crippen MR) is 80.7 cm³/mol. The second-order valence-corrected chi connectivity index (χ2v) is 6.99. The average molecular weight is 301 g/mol. The Morgan fingerprint density at radius 1 is 1.37 bits per heavy atom. The second-order valence-electron chi connectivity index (χ2n) is 5.24. The molecule has 0 aliphatic heterocycles. The molecule has 1 aliphatic carbocycles. The molecule has 2 atom stereocenters. The Hall–Kier alpha value is -0.580. The van der Waals surface area contributed by atoms with E-state index in [0.29, 0.717) is 6.04 Å². The highest BCUT2D eigenvalue weighted by molar-refractivity contribution is 7.16. The van der Waals surface area contributed by atoms with Crippen molar-refractivity contribution in [1.82, 2.24) is 10.6 Å². The van der Waals surface area contributed by atoms with Crippen LogP contribution in [0.5, 0.6) is 0 Å². The SMILES string of the molecule is CC(NC(C)c1ccc(Cl)s1)C(=O)NC1CCCC1. The molecule has 5 heteroatoms. The zero-order chi connectivity index (χ0) is 13.8. The number of amides is 1. The molecule has 2 unspecified atom stereocenters. The molecule has 0 saturated heterocycles. The third kappa shape index (κ3) is 4.20. The van der Waals surface area contributed by atoms with Gasteiger partial charge in [-0.05, 0) is 38.8 Å². The van der Waals surface area contributed by atoms with Gasteiger partial charge in [0, 0.05) is 17.0 Å². The smallest absolute Gasteiger partial charge is 0.237 e. The molecule has 1 fully saturated rings. The Labute approximate surface area is 123 Å². The molecule has 2 N–H and O–H groups in total. The maximum absolute atomic E-state index is 12.1. The molecular weight excluding hydrogens is 280 g/mol. The van der Waals surface area contributed by atoms with Gasteiger partial charge in [0.15, 0.2) is 0 Å². The highest BCUT2D eigenvalue weighted by Gasteiger charge is 2.22. The number of nitrogens with one attached hydrogen (secondary N) is 2. The van der Waals surface area contributed by atoms with Crippen LogP contribution in [0.15, 0.2) is 12.1 Å². The lowest BCUT2D eigenvalue weighted by Gasteiger charge is -2.21. The van der Waals surface area contributed by atoms with Crippen LogP contribution in [-0.2, 0) is 4.79 Å². The van der Waals surface area contributed by atoms with Crippen LogP contribution < -0.4 is 10.6 Å². The summed E-state index contributed by atoms with van der Waals surface area (Å²) in [6.07, 6.45) is 4.71. The number of rotatable bonds is 5. The van der Waals surface area contributed by atoms with Crippen LogP contribution in [0, 0.1) is 0 Å².